The third-order valence-electron chi connectivity index (χ3n) is 4.26. The first-order chi connectivity index (χ1) is 12.5. The maximum absolute atomic E-state index is 12.4. The van der Waals surface area contributed by atoms with E-state index in [1.165, 1.54) is 4.90 Å². The molecule has 2 rings (SSSR count). The van der Waals surface area contributed by atoms with E-state index in [9.17, 15) is 14.4 Å². The van der Waals surface area contributed by atoms with E-state index in [4.69, 9.17) is 14.2 Å². The van der Waals surface area contributed by atoms with Gasteiger partial charge >= 0.3 is 12.1 Å². The fourth-order valence-electron chi connectivity index (χ4n) is 2.97. The van der Waals surface area contributed by atoms with Gasteiger partial charge in [-0.1, -0.05) is 30.3 Å². The van der Waals surface area contributed by atoms with Gasteiger partial charge in [0.15, 0.2) is 0 Å². The van der Waals surface area contributed by atoms with Gasteiger partial charge in [0, 0.05) is 19.6 Å². The van der Waals surface area contributed by atoms with Crippen molar-refractivity contribution < 1.29 is 28.6 Å². The molecule has 0 aromatic heterocycles. The molecule has 0 unspecified atom stereocenters. The third kappa shape index (κ3) is 5.84. The molecule has 1 amide bonds. The van der Waals surface area contributed by atoms with Gasteiger partial charge in [0.25, 0.3) is 0 Å². The SMILES string of the molecule is CCOC(=O)CC(=O)C[C@@H]1C[C@@H](OC)CN1C(=O)OCc1ccccc1. The lowest BCUT2D eigenvalue weighted by Gasteiger charge is -2.23. The number of hydrogen-bond acceptors (Lipinski definition) is 6. The van der Waals surface area contributed by atoms with Crippen LogP contribution in [0.1, 0.15) is 31.7 Å². The number of hydrogen-bond donors (Lipinski definition) is 0. The molecule has 0 spiro atoms. The zero-order chi connectivity index (χ0) is 18.9. The largest absolute Gasteiger partial charge is 0.466 e. The first kappa shape index (κ1) is 19.9. The van der Waals surface area contributed by atoms with Crippen molar-refractivity contribution in [3.63, 3.8) is 0 Å². The van der Waals surface area contributed by atoms with Crippen molar-refractivity contribution in [2.75, 3.05) is 20.3 Å². The molecule has 0 N–H and O–H groups in total. The first-order valence-electron chi connectivity index (χ1n) is 8.70. The molecule has 1 aromatic rings. The molecule has 2 atom stereocenters. The van der Waals surface area contributed by atoms with Gasteiger partial charge in [0.1, 0.15) is 18.8 Å². The second-order valence-electron chi connectivity index (χ2n) is 6.16. The Balaban J connectivity index is 1.92. The number of ketones is 1. The number of rotatable bonds is 8. The summed E-state index contributed by atoms with van der Waals surface area (Å²) in [5.74, 6) is -0.803. The molecule has 1 aliphatic rings. The highest BCUT2D eigenvalue weighted by atomic mass is 16.6. The highest BCUT2D eigenvalue weighted by Gasteiger charge is 2.37. The summed E-state index contributed by atoms with van der Waals surface area (Å²) < 4.78 is 15.5. The van der Waals surface area contributed by atoms with E-state index >= 15 is 0 Å². The number of carbonyl (C=O) groups is 3. The number of ether oxygens (including phenoxy) is 3. The first-order valence-corrected chi connectivity index (χ1v) is 8.70. The van der Waals surface area contributed by atoms with Crippen molar-refractivity contribution in [2.45, 2.75) is 44.9 Å². The number of carbonyl (C=O) groups excluding carboxylic acids is 3. The lowest BCUT2D eigenvalue weighted by molar-refractivity contribution is -0.145. The van der Waals surface area contributed by atoms with Gasteiger partial charge in [-0.05, 0) is 18.9 Å². The second-order valence-corrected chi connectivity index (χ2v) is 6.16. The number of benzene rings is 1. The minimum Gasteiger partial charge on any atom is -0.466 e. The Morgan fingerprint density at radius 3 is 2.54 bits per heavy atom. The van der Waals surface area contributed by atoms with E-state index in [1.54, 1.807) is 14.0 Å². The van der Waals surface area contributed by atoms with E-state index in [1.807, 2.05) is 30.3 Å². The Kier molecular flexibility index (Phi) is 7.59. The minimum absolute atomic E-state index is 0.0825. The summed E-state index contributed by atoms with van der Waals surface area (Å²) in [5.41, 5.74) is 0.887. The molecule has 142 valence electrons. The molecule has 1 fully saturated rings. The van der Waals surface area contributed by atoms with Gasteiger partial charge in [0.05, 0.1) is 19.3 Å². The fraction of sp³-hybridized carbons (Fsp3) is 0.526. The highest BCUT2D eigenvalue weighted by Crippen LogP contribution is 2.24. The van der Waals surface area contributed by atoms with E-state index in [0.717, 1.165) is 5.56 Å². The minimum atomic E-state index is -0.544. The normalized spacial score (nSPS) is 19.2. The average Bonchev–Trinajstić information content (AvgIpc) is 3.03. The molecular formula is C19H25NO6. The predicted molar refractivity (Wildman–Crippen MR) is 93.4 cm³/mol. The molecule has 0 radical (unpaired) electrons. The Hall–Kier alpha value is -2.41. The quantitative estimate of drug-likeness (QED) is 0.521. The van der Waals surface area contributed by atoms with Crippen molar-refractivity contribution in [3.8, 4) is 0 Å². The molecule has 7 nitrogen and oxygen atoms in total. The van der Waals surface area contributed by atoms with Gasteiger partial charge in [-0.25, -0.2) is 4.79 Å². The van der Waals surface area contributed by atoms with Crippen molar-refractivity contribution in [2.24, 2.45) is 0 Å². The molecule has 1 aromatic carbocycles. The summed E-state index contributed by atoms with van der Waals surface area (Å²) in [4.78, 5) is 37.5. The fourth-order valence-corrected chi connectivity index (χ4v) is 2.97. The monoisotopic (exact) mass is 363 g/mol. The van der Waals surface area contributed by atoms with Crippen LogP contribution in [-0.2, 0) is 30.4 Å². The Morgan fingerprint density at radius 1 is 1.15 bits per heavy atom. The van der Waals surface area contributed by atoms with Crippen LogP contribution in [0.5, 0.6) is 0 Å². The Labute approximate surface area is 153 Å². The number of amides is 1. The van der Waals surface area contributed by atoms with E-state index in [-0.39, 0.29) is 44.0 Å². The van der Waals surface area contributed by atoms with E-state index in [0.29, 0.717) is 13.0 Å². The summed E-state index contributed by atoms with van der Waals surface area (Å²) in [5, 5.41) is 0. The standard InChI is InChI=1S/C19H25NO6/c1-3-25-18(22)11-16(21)9-15-10-17(24-2)12-20(15)19(23)26-13-14-7-5-4-6-8-14/h4-8,15,17H,3,9-13H2,1-2H3/t15-,17-/m1/s1. The van der Waals surface area contributed by atoms with Crippen LogP contribution in [0.2, 0.25) is 0 Å². The Morgan fingerprint density at radius 2 is 1.88 bits per heavy atom. The lowest BCUT2D eigenvalue weighted by Crippen LogP contribution is -2.37. The highest BCUT2D eigenvalue weighted by molar-refractivity contribution is 5.96. The van der Waals surface area contributed by atoms with Crippen molar-refractivity contribution in [1.29, 1.82) is 0 Å². The van der Waals surface area contributed by atoms with Gasteiger partial charge in [-0.2, -0.15) is 0 Å². The third-order valence-corrected chi connectivity index (χ3v) is 4.26. The van der Waals surface area contributed by atoms with Crippen LogP contribution in [0, 0.1) is 0 Å². The molecule has 1 aliphatic heterocycles. The maximum atomic E-state index is 12.4. The van der Waals surface area contributed by atoms with Crippen LogP contribution in [0.3, 0.4) is 0 Å². The Bertz CT molecular complexity index is 618. The van der Waals surface area contributed by atoms with Crippen molar-refractivity contribution >= 4 is 17.8 Å². The van der Waals surface area contributed by atoms with Gasteiger partial charge < -0.3 is 19.1 Å². The van der Waals surface area contributed by atoms with Crippen molar-refractivity contribution in [1.82, 2.24) is 4.90 Å². The molecule has 0 bridgehead atoms. The summed E-state index contributed by atoms with van der Waals surface area (Å²) in [7, 11) is 1.57. The van der Waals surface area contributed by atoms with Gasteiger partial charge in [-0.3, -0.25) is 9.59 Å². The predicted octanol–water partition coefficient (Wildman–Crippen LogP) is 2.32. The summed E-state index contributed by atoms with van der Waals surface area (Å²) in [6, 6.07) is 9.03. The zero-order valence-electron chi connectivity index (χ0n) is 15.2. The van der Waals surface area contributed by atoms with Crippen LogP contribution < -0.4 is 0 Å². The van der Waals surface area contributed by atoms with Gasteiger partial charge in [-0.15, -0.1) is 0 Å². The van der Waals surface area contributed by atoms with Crippen LogP contribution in [-0.4, -0.2) is 55.2 Å². The summed E-state index contributed by atoms with van der Waals surface area (Å²) >= 11 is 0. The number of nitrogens with zero attached hydrogens (tertiary/aromatic N) is 1. The molecule has 26 heavy (non-hydrogen) atoms. The summed E-state index contributed by atoms with van der Waals surface area (Å²) in [6.07, 6.45) is -0.304. The van der Waals surface area contributed by atoms with Crippen LogP contribution in [0.15, 0.2) is 30.3 Å². The van der Waals surface area contributed by atoms with E-state index in [2.05, 4.69) is 0 Å². The smallest absolute Gasteiger partial charge is 0.410 e. The molecule has 1 heterocycles. The summed E-state index contributed by atoms with van der Waals surface area (Å²) in [6.45, 7) is 2.45. The van der Waals surface area contributed by atoms with Crippen LogP contribution in [0.25, 0.3) is 0 Å². The van der Waals surface area contributed by atoms with Crippen LogP contribution >= 0.6 is 0 Å². The zero-order valence-corrected chi connectivity index (χ0v) is 15.2. The number of esters is 1. The van der Waals surface area contributed by atoms with Gasteiger partial charge in [0.2, 0.25) is 0 Å². The topological polar surface area (TPSA) is 82.1 Å². The average molecular weight is 363 g/mol. The lowest BCUT2D eigenvalue weighted by atomic mass is 10.1. The number of methoxy groups -OCH3 is 1. The van der Waals surface area contributed by atoms with E-state index < -0.39 is 12.1 Å². The number of Topliss-reactive ketones (excluding diaryl/α,β-unsaturated/α-hetero) is 1. The molecular weight excluding hydrogens is 338 g/mol. The molecule has 0 aliphatic carbocycles. The molecule has 1 saturated heterocycles. The number of likely N-dealkylation sites (tertiary alicyclic amines) is 1. The molecule has 0 saturated carbocycles. The second kappa shape index (κ2) is 9.91. The molecule has 7 heteroatoms. The maximum Gasteiger partial charge on any atom is 0.410 e. The van der Waals surface area contributed by atoms with Crippen molar-refractivity contribution in [3.05, 3.63) is 35.9 Å². The van der Waals surface area contributed by atoms with Crippen LogP contribution in [0.4, 0.5) is 4.79 Å².